The summed E-state index contributed by atoms with van der Waals surface area (Å²) in [5, 5.41) is 0. The van der Waals surface area contributed by atoms with Crippen LogP contribution in [0.1, 0.15) is 27.3 Å². The first-order valence-corrected chi connectivity index (χ1v) is 11.6. The Kier molecular flexibility index (Phi) is 5.76. The van der Waals surface area contributed by atoms with Gasteiger partial charge in [-0.05, 0) is 36.8 Å². The van der Waals surface area contributed by atoms with Crippen LogP contribution in [0.25, 0.3) is 21.8 Å². The van der Waals surface area contributed by atoms with Gasteiger partial charge in [0.2, 0.25) is 0 Å². The molecule has 2 aromatic carbocycles. The van der Waals surface area contributed by atoms with Gasteiger partial charge in [-0.15, -0.1) is 11.3 Å². The molecule has 7 heteroatoms. The van der Waals surface area contributed by atoms with E-state index in [1.54, 1.807) is 0 Å². The molecular formula is C26H22F3N3S. The minimum atomic E-state index is -4.35. The number of hydrogen-bond donors (Lipinski definition) is 0. The lowest BCUT2D eigenvalue weighted by atomic mass is 10.1. The van der Waals surface area contributed by atoms with Gasteiger partial charge in [-0.3, -0.25) is 4.90 Å². The molecule has 3 nitrogen and oxygen atoms in total. The fourth-order valence-corrected chi connectivity index (χ4v) is 5.14. The molecule has 168 valence electrons. The standard InChI is InChI=1S/C26H22F3N3S/c1-17-3-2-4-19(13-17)24-10-9-22(33-24)16-32-12-11-23-20(15-32)14-30-25(31-23)18-5-7-21(8-6-18)26(27,28)29/h2-10,13-14H,11-12,15-16H2,1H3. The van der Waals surface area contributed by atoms with Gasteiger partial charge < -0.3 is 0 Å². The highest BCUT2D eigenvalue weighted by atomic mass is 32.1. The van der Waals surface area contributed by atoms with Gasteiger partial charge in [0.1, 0.15) is 0 Å². The van der Waals surface area contributed by atoms with Crippen molar-refractivity contribution < 1.29 is 13.2 Å². The molecule has 0 saturated heterocycles. The average molecular weight is 466 g/mol. The predicted octanol–water partition coefficient (Wildman–Crippen LogP) is 6.76. The fourth-order valence-electron chi connectivity index (χ4n) is 4.09. The molecule has 0 spiro atoms. The third kappa shape index (κ3) is 4.84. The Labute approximate surface area is 194 Å². The van der Waals surface area contributed by atoms with Gasteiger partial charge in [-0.25, -0.2) is 9.97 Å². The molecule has 0 atom stereocenters. The van der Waals surface area contributed by atoms with E-state index in [4.69, 9.17) is 0 Å². The number of aryl methyl sites for hydroxylation is 1. The third-order valence-electron chi connectivity index (χ3n) is 5.83. The monoisotopic (exact) mass is 465 g/mol. The first-order chi connectivity index (χ1) is 15.8. The summed E-state index contributed by atoms with van der Waals surface area (Å²) >= 11 is 1.82. The van der Waals surface area contributed by atoms with Crippen molar-refractivity contribution in [3.05, 3.63) is 94.1 Å². The van der Waals surface area contributed by atoms with Crippen LogP contribution in [0.15, 0.2) is 66.9 Å². The van der Waals surface area contributed by atoms with Crippen molar-refractivity contribution >= 4 is 11.3 Å². The Morgan fingerprint density at radius 1 is 1.00 bits per heavy atom. The number of fused-ring (bicyclic) bond motifs is 1. The van der Waals surface area contributed by atoms with Crippen molar-refractivity contribution in [3.8, 4) is 21.8 Å². The third-order valence-corrected chi connectivity index (χ3v) is 6.95. The van der Waals surface area contributed by atoms with Crippen LogP contribution >= 0.6 is 11.3 Å². The van der Waals surface area contributed by atoms with E-state index in [9.17, 15) is 13.2 Å². The van der Waals surface area contributed by atoms with Crippen LogP contribution in [0.2, 0.25) is 0 Å². The summed E-state index contributed by atoms with van der Waals surface area (Å²) in [6.45, 7) is 4.62. The van der Waals surface area contributed by atoms with Crippen LogP contribution in [-0.4, -0.2) is 21.4 Å². The Morgan fingerprint density at radius 2 is 1.82 bits per heavy atom. The second-order valence-electron chi connectivity index (χ2n) is 8.34. The molecule has 1 aliphatic heterocycles. The molecule has 0 fully saturated rings. The SMILES string of the molecule is Cc1cccc(-c2ccc(CN3CCc4nc(-c5ccc(C(F)(F)F)cc5)ncc4C3)s2)c1. The first-order valence-electron chi connectivity index (χ1n) is 10.8. The molecule has 0 unspecified atom stereocenters. The molecule has 0 aliphatic carbocycles. The van der Waals surface area contributed by atoms with Crippen molar-refractivity contribution in [1.82, 2.24) is 14.9 Å². The molecule has 0 radical (unpaired) electrons. The Hall–Kier alpha value is -3.03. The Bertz CT molecular complexity index is 1280. The van der Waals surface area contributed by atoms with E-state index < -0.39 is 11.7 Å². The largest absolute Gasteiger partial charge is 0.416 e. The summed E-state index contributed by atoms with van der Waals surface area (Å²) in [7, 11) is 0. The van der Waals surface area contributed by atoms with E-state index in [0.29, 0.717) is 11.4 Å². The van der Waals surface area contributed by atoms with Crippen LogP contribution < -0.4 is 0 Å². The van der Waals surface area contributed by atoms with Crippen LogP contribution in [0, 0.1) is 6.92 Å². The molecule has 4 aromatic rings. The lowest BCUT2D eigenvalue weighted by Gasteiger charge is -2.27. The van der Waals surface area contributed by atoms with Gasteiger partial charge in [-0.1, -0.05) is 42.0 Å². The highest BCUT2D eigenvalue weighted by molar-refractivity contribution is 7.15. The molecule has 0 saturated carbocycles. The quantitative estimate of drug-likeness (QED) is 0.334. The molecule has 0 N–H and O–H groups in total. The summed E-state index contributed by atoms with van der Waals surface area (Å²) in [6, 6.07) is 17.9. The van der Waals surface area contributed by atoms with Gasteiger partial charge in [0.15, 0.2) is 5.82 Å². The van der Waals surface area contributed by atoms with Gasteiger partial charge in [0.05, 0.1) is 11.3 Å². The lowest BCUT2D eigenvalue weighted by molar-refractivity contribution is -0.137. The molecule has 2 aromatic heterocycles. The van der Waals surface area contributed by atoms with E-state index in [-0.39, 0.29) is 0 Å². The minimum absolute atomic E-state index is 0.469. The van der Waals surface area contributed by atoms with Crippen molar-refractivity contribution in [1.29, 1.82) is 0 Å². The summed E-state index contributed by atoms with van der Waals surface area (Å²) in [4.78, 5) is 14.1. The summed E-state index contributed by atoms with van der Waals surface area (Å²) in [5.74, 6) is 0.469. The summed E-state index contributed by atoms with van der Waals surface area (Å²) < 4.78 is 38.4. The van der Waals surface area contributed by atoms with Gasteiger partial charge >= 0.3 is 6.18 Å². The maximum atomic E-state index is 12.8. The molecule has 3 heterocycles. The molecule has 33 heavy (non-hydrogen) atoms. The van der Waals surface area contributed by atoms with Crippen molar-refractivity contribution in [2.45, 2.75) is 32.6 Å². The Morgan fingerprint density at radius 3 is 2.58 bits per heavy atom. The van der Waals surface area contributed by atoms with E-state index in [1.165, 1.54) is 33.0 Å². The van der Waals surface area contributed by atoms with E-state index >= 15 is 0 Å². The fraction of sp³-hybridized carbons (Fsp3) is 0.231. The number of rotatable bonds is 4. The van der Waals surface area contributed by atoms with Crippen molar-refractivity contribution in [2.24, 2.45) is 0 Å². The van der Waals surface area contributed by atoms with Gasteiger partial charge in [0, 0.05) is 53.1 Å². The van der Waals surface area contributed by atoms with Crippen LogP contribution in [0.4, 0.5) is 13.2 Å². The second kappa shape index (κ2) is 8.72. The minimum Gasteiger partial charge on any atom is -0.293 e. The zero-order valence-electron chi connectivity index (χ0n) is 18.1. The highest BCUT2D eigenvalue weighted by Gasteiger charge is 2.30. The van der Waals surface area contributed by atoms with Crippen molar-refractivity contribution in [3.63, 3.8) is 0 Å². The number of aromatic nitrogens is 2. The highest BCUT2D eigenvalue weighted by Crippen LogP contribution is 2.32. The maximum Gasteiger partial charge on any atom is 0.416 e. The number of hydrogen-bond acceptors (Lipinski definition) is 4. The molecule has 0 bridgehead atoms. The molecule has 5 rings (SSSR count). The molecule has 0 amide bonds. The zero-order valence-corrected chi connectivity index (χ0v) is 18.9. The average Bonchev–Trinajstić information content (AvgIpc) is 3.27. The van der Waals surface area contributed by atoms with Crippen LogP contribution in [0.5, 0.6) is 0 Å². The zero-order chi connectivity index (χ0) is 23.0. The number of benzene rings is 2. The maximum absolute atomic E-state index is 12.8. The predicted molar refractivity (Wildman–Crippen MR) is 125 cm³/mol. The number of thiophene rings is 1. The van der Waals surface area contributed by atoms with Crippen LogP contribution in [0.3, 0.4) is 0 Å². The van der Waals surface area contributed by atoms with Crippen LogP contribution in [-0.2, 0) is 25.7 Å². The Balaban J connectivity index is 1.27. The second-order valence-corrected chi connectivity index (χ2v) is 9.51. The van der Waals surface area contributed by atoms with E-state index in [1.807, 2.05) is 17.5 Å². The molecule has 1 aliphatic rings. The van der Waals surface area contributed by atoms with E-state index in [2.05, 4.69) is 58.2 Å². The topological polar surface area (TPSA) is 29.0 Å². The molecular weight excluding hydrogens is 443 g/mol. The normalized spacial score (nSPS) is 14.3. The van der Waals surface area contributed by atoms with Gasteiger partial charge in [0.25, 0.3) is 0 Å². The lowest BCUT2D eigenvalue weighted by Crippen LogP contribution is -2.30. The van der Waals surface area contributed by atoms with E-state index in [0.717, 1.165) is 49.4 Å². The summed E-state index contributed by atoms with van der Waals surface area (Å²) in [5.41, 5.74) is 4.48. The first kappa shape index (κ1) is 21.8. The number of halogens is 3. The van der Waals surface area contributed by atoms with Gasteiger partial charge in [-0.2, -0.15) is 13.2 Å². The smallest absolute Gasteiger partial charge is 0.293 e. The number of nitrogens with zero attached hydrogens (tertiary/aromatic N) is 3. The summed E-state index contributed by atoms with van der Waals surface area (Å²) in [6.07, 6.45) is -1.74. The number of alkyl halides is 3. The van der Waals surface area contributed by atoms with Crippen molar-refractivity contribution in [2.75, 3.05) is 6.54 Å².